The van der Waals surface area contributed by atoms with E-state index >= 15 is 0 Å². The van der Waals surface area contributed by atoms with Crippen LogP contribution in [-0.2, 0) is 25.9 Å². The quantitative estimate of drug-likeness (QED) is 0.945. The molecule has 2 aromatic heterocycles. The number of nitrogens with one attached hydrogen (secondary N) is 1. The van der Waals surface area contributed by atoms with Crippen molar-refractivity contribution in [3.8, 4) is 0 Å². The maximum absolute atomic E-state index is 12.2. The summed E-state index contributed by atoms with van der Waals surface area (Å²) in [6.07, 6.45) is 2.89. The first-order chi connectivity index (χ1) is 10.3. The number of carbonyl (C=O) groups excluding carboxylic acids is 1. The molecule has 0 unspecified atom stereocenters. The molecule has 0 saturated heterocycles. The first-order valence-electron chi connectivity index (χ1n) is 7.28. The van der Waals surface area contributed by atoms with E-state index in [1.54, 1.807) is 11.3 Å². The van der Waals surface area contributed by atoms with Crippen LogP contribution in [0.25, 0.3) is 0 Å². The highest BCUT2D eigenvalue weighted by molar-refractivity contribution is 7.10. The van der Waals surface area contributed by atoms with Crippen LogP contribution >= 0.6 is 11.3 Å². The van der Waals surface area contributed by atoms with Crippen LogP contribution < -0.4 is 5.32 Å². The van der Waals surface area contributed by atoms with Crippen LogP contribution in [0.15, 0.2) is 22.0 Å². The van der Waals surface area contributed by atoms with Gasteiger partial charge >= 0.3 is 6.03 Å². The molecule has 0 fully saturated rings. The number of urea groups is 1. The van der Waals surface area contributed by atoms with Gasteiger partial charge in [-0.2, -0.15) is 0 Å². The van der Waals surface area contributed by atoms with Crippen LogP contribution in [0.1, 0.15) is 35.2 Å². The molecular formula is C15H19N3O2S. The van der Waals surface area contributed by atoms with Crippen molar-refractivity contribution in [2.45, 2.75) is 39.3 Å². The van der Waals surface area contributed by atoms with Crippen molar-refractivity contribution in [2.75, 3.05) is 6.54 Å². The number of aryl methyl sites for hydroxylation is 1. The molecule has 1 N–H and O–H groups in total. The Morgan fingerprint density at radius 3 is 3.33 bits per heavy atom. The number of hydrogen-bond donors (Lipinski definition) is 1. The van der Waals surface area contributed by atoms with Gasteiger partial charge in [-0.15, -0.1) is 11.3 Å². The van der Waals surface area contributed by atoms with Gasteiger partial charge in [-0.3, -0.25) is 0 Å². The maximum atomic E-state index is 12.2. The van der Waals surface area contributed by atoms with E-state index < -0.39 is 0 Å². The van der Waals surface area contributed by atoms with Crippen LogP contribution in [-0.4, -0.2) is 22.6 Å². The van der Waals surface area contributed by atoms with E-state index in [-0.39, 0.29) is 6.03 Å². The number of amides is 2. The predicted octanol–water partition coefficient (Wildman–Crippen LogP) is 2.96. The molecule has 0 aliphatic carbocycles. The summed E-state index contributed by atoms with van der Waals surface area (Å²) >= 11 is 1.78. The summed E-state index contributed by atoms with van der Waals surface area (Å²) in [6.45, 7) is 3.96. The van der Waals surface area contributed by atoms with Crippen LogP contribution in [0.5, 0.6) is 0 Å². The minimum Gasteiger partial charge on any atom is -0.359 e. The Morgan fingerprint density at radius 2 is 2.48 bits per heavy atom. The van der Waals surface area contributed by atoms with Crippen molar-refractivity contribution in [3.05, 3.63) is 39.4 Å². The Hall–Kier alpha value is -1.82. The summed E-state index contributed by atoms with van der Waals surface area (Å²) in [7, 11) is 0. The zero-order valence-electron chi connectivity index (χ0n) is 12.1. The molecule has 1 aliphatic heterocycles. The predicted molar refractivity (Wildman–Crippen MR) is 81.2 cm³/mol. The number of fused-ring (bicyclic) bond motifs is 1. The fourth-order valence-corrected chi connectivity index (χ4v) is 3.40. The van der Waals surface area contributed by atoms with Gasteiger partial charge in [0.05, 0.1) is 12.2 Å². The minimum atomic E-state index is -0.0414. The standard InChI is InChI=1S/C15H19N3O2S/c1-2-3-12-8-13(20-17-12)9-16-15(19)18-6-4-14-11(10-18)5-7-21-14/h5,7-8H,2-4,6,9-10H2,1H3,(H,16,19). The van der Waals surface area contributed by atoms with Crippen molar-refractivity contribution < 1.29 is 9.32 Å². The second kappa shape index (κ2) is 6.30. The number of hydrogen-bond acceptors (Lipinski definition) is 4. The summed E-state index contributed by atoms with van der Waals surface area (Å²) in [5.74, 6) is 0.708. The van der Waals surface area contributed by atoms with E-state index in [0.717, 1.165) is 31.5 Å². The number of aromatic nitrogens is 1. The summed E-state index contributed by atoms with van der Waals surface area (Å²) in [4.78, 5) is 15.4. The van der Waals surface area contributed by atoms with E-state index in [2.05, 4.69) is 28.8 Å². The maximum Gasteiger partial charge on any atom is 0.318 e. The molecule has 3 rings (SSSR count). The molecule has 0 bridgehead atoms. The monoisotopic (exact) mass is 305 g/mol. The summed E-state index contributed by atoms with van der Waals surface area (Å²) < 4.78 is 5.22. The van der Waals surface area contributed by atoms with Crippen molar-refractivity contribution >= 4 is 17.4 Å². The normalized spacial score (nSPS) is 14.0. The van der Waals surface area contributed by atoms with Crippen molar-refractivity contribution in [2.24, 2.45) is 0 Å². The topological polar surface area (TPSA) is 58.4 Å². The van der Waals surface area contributed by atoms with Crippen LogP contribution in [0.4, 0.5) is 4.79 Å². The molecule has 0 radical (unpaired) electrons. The Labute approximate surface area is 127 Å². The third-order valence-electron chi connectivity index (χ3n) is 3.62. The zero-order valence-corrected chi connectivity index (χ0v) is 12.9. The van der Waals surface area contributed by atoms with Crippen molar-refractivity contribution in [1.29, 1.82) is 0 Å². The molecule has 112 valence electrons. The highest BCUT2D eigenvalue weighted by Gasteiger charge is 2.21. The van der Waals surface area contributed by atoms with Gasteiger partial charge in [-0.05, 0) is 29.9 Å². The largest absolute Gasteiger partial charge is 0.359 e. The van der Waals surface area contributed by atoms with Gasteiger partial charge in [-0.25, -0.2) is 4.79 Å². The lowest BCUT2D eigenvalue weighted by Crippen LogP contribution is -2.42. The molecule has 0 saturated carbocycles. The Kier molecular flexibility index (Phi) is 4.24. The number of carbonyl (C=O) groups is 1. The summed E-state index contributed by atoms with van der Waals surface area (Å²) in [5, 5.41) is 8.98. The molecular weight excluding hydrogens is 286 g/mol. The summed E-state index contributed by atoms with van der Waals surface area (Å²) in [6, 6.07) is 3.98. The third kappa shape index (κ3) is 3.26. The highest BCUT2D eigenvalue weighted by atomic mass is 32.1. The molecule has 0 atom stereocenters. The van der Waals surface area contributed by atoms with E-state index in [9.17, 15) is 4.79 Å². The Morgan fingerprint density at radius 1 is 1.57 bits per heavy atom. The smallest absolute Gasteiger partial charge is 0.318 e. The second-order valence-corrected chi connectivity index (χ2v) is 6.23. The van der Waals surface area contributed by atoms with Gasteiger partial charge in [-0.1, -0.05) is 18.5 Å². The average Bonchev–Trinajstić information content (AvgIpc) is 3.13. The van der Waals surface area contributed by atoms with E-state index in [1.165, 1.54) is 10.4 Å². The number of nitrogens with zero attached hydrogens (tertiary/aromatic N) is 2. The molecule has 2 amide bonds. The first-order valence-corrected chi connectivity index (χ1v) is 8.16. The fraction of sp³-hybridized carbons (Fsp3) is 0.467. The van der Waals surface area contributed by atoms with Gasteiger partial charge in [0.1, 0.15) is 0 Å². The van der Waals surface area contributed by atoms with Gasteiger partial charge < -0.3 is 14.7 Å². The number of rotatable bonds is 4. The van der Waals surface area contributed by atoms with E-state index in [0.29, 0.717) is 18.8 Å². The van der Waals surface area contributed by atoms with Crippen LogP contribution in [0.3, 0.4) is 0 Å². The van der Waals surface area contributed by atoms with Crippen LogP contribution in [0, 0.1) is 0 Å². The lowest BCUT2D eigenvalue weighted by atomic mass is 10.1. The van der Waals surface area contributed by atoms with E-state index in [4.69, 9.17) is 4.52 Å². The van der Waals surface area contributed by atoms with Crippen molar-refractivity contribution in [1.82, 2.24) is 15.4 Å². The molecule has 6 heteroatoms. The van der Waals surface area contributed by atoms with Gasteiger partial charge in [0.15, 0.2) is 5.76 Å². The molecule has 5 nitrogen and oxygen atoms in total. The lowest BCUT2D eigenvalue weighted by Gasteiger charge is -2.26. The zero-order chi connectivity index (χ0) is 14.7. The van der Waals surface area contributed by atoms with Gasteiger partial charge in [0.25, 0.3) is 0 Å². The molecule has 2 aromatic rings. The van der Waals surface area contributed by atoms with E-state index in [1.807, 2.05) is 11.0 Å². The average molecular weight is 305 g/mol. The molecule has 3 heterocycles. The van der Waals surface area contributed by atoms with Gasteiger partial charge in [0.2, 0.25) is 0 Å². The number of thiophene rings is 1. The van der Waals surface area contributed by atoms with Crippen molar-refractivity contribution in [3.63, 3.8) is 0 Å². The Balaban J connectivity index is 1.52. The first kappa shape index (κ1) is 14.1. The van der Waals surface area contributed by atoms with Crippen LogP contribution in [0.2, 0.25) is 0 Å². The molecule has 0 aromatic carbocycles. The summed E-state index contributed by atoms with van der Waals surface area (Å²) in [5.41, 5.74) is 2.22. The molecule has 21 heavy (non-hydrogen) atoms. The Bertz CT molecular complexity index is 620. The fourth-order valence-electron chi connectivity index (χ4n) is 2.51. The second-order valence-electron chi connectivity index (χ2n) is 5.23. The third-order valence-corrected chi connectivity index (χ3v) is 4.65. The SMILES string of the molecule is CCCc1cc(CNC(=O)N2CCc3sccc3C2)on1. The minimum absolute atomic E-state index is 0.0414. The van der Waals surface area contributed by atoms with Gasteiger partial charge in [0, 0.05) is 24.0 Å². The highest BCUT2D eigenvalue weighted by Crippen LogP contribution is 2.23. The lowest BCUT2D eigenvalue weighted by molar-refractivity contribution is 0.191. The molecule has 1 aliphatic rings. The molecule has 0 spiro atoms.